The van der Waals surface area contributed by atoms with Gasteiger partial charge in [0.25, 0.3) is 11.8 Å². The second-order valence-corrected chi connectivity index (χ2v) is 10.4. The van der Waals surface area contributed by atoms with E-state index in [1.54, 1.807) is 46.2 Å². The molecule has 2 fully saturated rings. The van der Waals surface area contributed by atoms with E-state index in [4.69, 9.17) is 4.74 Å². The third-order valence-electron chi connectivity index (χ3n) is 7.56. The molecular weight excluding hydrogens is 509 g/mol. The fourth-order valence-corrected chi connectivity index (χ4v) is 5.58. The highest BCUT2D eigenvalue weighted by molar-refractivity contribution is 5.98. The van der Waals surface area contributed by atoms with Crippen molar-refractivity contribution >= 4 is 17.7 Å². The van der Waals surface area contributed by atoms with E-state index in [9.17, 15) is 18.8 Å². The number of fused-ring (bicyclic) bond motifs is 1. The normalized spacial score (nSPS) is 19.1. The van der Waals surface area contributed by atoms with E-state index in [1.807, 2.05) is 37.3 Å². The van der Waals surface area contributed by atoms with Crippen LogP contribution >= 0.6 is 0 Å². The van der Waals surface area contributed by atoms with E-state index in [0.717, 1.165) is 17.5 Å². The fourth-order valence-electron chi connectivity index (χ4n) is 5.58. The number of nitrogens with one attached hydrogen (secondary N) is 1. The molecule has 0 radical (unpaired) electrons. The van der Waals surface area contributed by atoms with Gasteiger partial charge in [-0.25, -0.2) is 4.39 Å². The summed E-state index contributed by atoms with van der Waals surface area (Å²) in [4.78, 5) is 43.6. The Morgan fingerprint density at radius 3 is 2.42 bits per heavy atom. The summed E-state index contributed by atoms with van der Waals surface area (Å²) in [6, 6.07) is 21.8. The second kappa shape index (κ2) is 12.4. The van der Waals surface area contributed by atoms with Crippen molar-refractivity contribution in [3.05, 3.63) is 107 Å². The van der Waals surface area contributed by atoms with E-state index < -0.39 is 6.04 Å². The second-order valence-electron chi connectivity index (χ2n) is 10.4. The Morgan fingerprint density at radius 1 is 0.950 bits per heavy atom. The molecule has 3 amide bonds. The number of hydrogen-bond acceptors (Lipinski definition) is 4. The average Bonchev–Trinajstić information content (AvgIpc) is 3.41. The van der Waals surface area contributed by atoms with Gasteiger partial charge in [-0.2, -0.15) is 0 Å². The summed E-state index contributed by atoms with van der Waals surface area (Å²) in [5, 5.41) is 2.93. The number of carbonyl (C=O) groups excluding carboxylic acids is 3. The largest absolute Gasteiger partial charge is 0.372 e. The zero-order valence-electron chi connectivity index (χ0n) is 22.6. The van der Waals surface area contributed by atoms with Gasteiger partial charge in [-0.1, -0.05) is 55.8 Å². The van der Waals surface area contributed by atoms with Gasteiger partial charge in [0.15, 0.2) is 0 Å². The van der Waals surface area contributed by atoms with Crippen LogP contribution in [-0.2, 0) is 16.0 Å². The van der Waals surface area contributed by atoms with Crippen molar-refractivity contribution in [3.63, 3.8) is 0 Å². The molecule has 3 atom stereocenters. The Hall–Kier alpha value is -4.04. The molecule has 3 aromatic carbocycles. The number of ether oxygens (including phenoxy) is 1. The van der Waals surface area contributed by atoms with Crippen LogP contribution in [0, 0.1) is 5.82 Å². The number of amides is 3. The zero-order valence-corrected chi connectivity index (χ0v) is 22.6. The molecule has 8 heteroatoms. The number of halogens is 1. The van der Waals surface area contributed by atoms with Crippen LogP contribution < -0.4 is 5.32 Å². The van der Waals surface area contributed by atoms with Gasteiger partial charge in [0.05, 0.1) is 18.8 Å². The van der Waals surface area contributed by atoms with Gasteiger partial charge in [0.2, 0.25) is 5.91 Å². The van der Waals surface area contributed by atoms with Crippen molar-refractivity contribution in [1.29, 1.82) is 0 Å². The number of hydrogen-bond donors (Lipinski definition) is 1. The molecule has 0 bridgehead atoms. The van der Waals surface area contributed by atoms with Gasteiger partial charge in [-0.3, -0.25) is 14.4 Å². The Bertz CT molecular complexity index is 1370. The van der Waals surface area contributed by atoms with Crippen molar-refractivity contribution < 1.29 is 23.5 Å². The molecule has 208 valence electrons. The highest BCUT2D eigenvalue weighted by Crippen LogP contribution is 2.26. The number of nitrogens with zero attached hydrogens (tertiary/aromatic N) is 2. The maximum absolute atomic E-state index is 13.7. The molecule has 0 aromatic heterocycles. The highest BCUT2D eigenvalue weighted by Gasteiger charge is 2.45. The predicted octanol–water partition coefficient (Wildman–Crippen LogP) is 4.07. The number of likely N-dealkylation sites (tertiary alicyclic amines) is 1. The monoisotopic (exact) mass is 543 g/mol. The Kier molecular flexibility index (Phi) is 8.55. The van der Waals surface area contributed by atoms with Gasteiger partial charge in [0.1, 0.15) is 11.9 Å². The van der Waals surface area contributed by atoms with Gasteiger partial charge in [-0.05, 0) is 60.4 Å². The lowest BCUT2D eigenvalue weighted by atomic mass is 10.0. The predicted molar refractivity (Wildman–Crippen MR) is 149 cm³/mol. The molecular formula is C32H34FN3O4. The standard InChI is InChI=1S/C32H34FN3O4/c1-2-8-27(34-30(37)24-11-4-3-5-12-24)32(39)36-15-16-40-29-21-35(20-28(29)36)31(38)25-13-6-9-22(18-25)17-23-10-7-14-26(33)19-23/h3-7,9-14,18-19,27-29H,2,8,15-17,20-21H2,1H3,(H,34,37)/t27-,28-,29+/m0/s1. The van der Waals surface area contributed by atoms with Crippen LogP contribution in [0.4, 0.5) is 4.39 Å². The molecule has 7 nitrogen and oxygen atoms in total. The minimum Gasteiger partial charge on any atom is -0.372 e. The molecule has 2 saturated heterocycles. The quantitative estimate of drug-likeness (QED) is 0.465. The fraction of sp³-hybridized carbons (Fsp3) is 0.344. The number of rotatable bonds is 8. The third kappa shape index (κ3) is 6.23. The van der Waals surface area contributed by atoms with Gasteiger partial charge < -0.3 is 19.9 Å². The summed E-state index contributed by atoms with van der Waals surface area (Å²) < 4.78 is 19.6. The van der Waals surface area contributed by atoms with E-state index in [0.29, 0.717) is 50.2 Å². The third-order valence-corrected chi connectivity index (χ3v) is 7.56. The minimum absolute atomic E-state index is 0.131. The first-order valence-electron chi connectivity index (χ1n) is 13.8. The molecule has 2 heterocycles. The number of benzene rings is 3. The molecule has 40 heavy (non-hydrogen) atoms. The van der Waals surface area contributed by atoms with Crippen LogP contribution in [0.25, 0.3) is 0 Å². The van der Waals surface area contributed by atoms with Crippen LogP contribution in [0.15, 0.2) is 78.9 Å². The van der Waals surface area contributed by atoms with Gasteiger partial charge >= 0.3 is 0 Å². The molecule has 0 unspecified atom stereocenters. The molecule has 0 aliphatic carbocycles. The highest BCUT2D eigenvalue weighted by atomic mass is 19.1. The van der Waals surface area contributed by atoms with Crippen LogP contribution in [0.5, 0.6) is 0 Å². The zero-order chi connectivity index (χ0) is 28.1. The topological polar surface area (TPSA) is 79.0 Å². The van der Waals surface area contributed by atoms with Crippen molar-refractivity contribution in [2.75, 3.05) is 26.2 Å². The maximum Gasteiger partial charge on any atom is 0.254 e. The molecule has 3 aromatic rings. The first-order valence-corrected chi connectivity index (χ1v) is 13.8. The molecule has 0 saturated carbocycles. The number of carbonyl (C=O) groups is 3. The molecule has 1 N–H and O–H groups in total. The Balaban J connectivity index is 1.27. The summed E-state index contributed by atoms with van der Waals surface area (Å²) in [5.74, 6) is -0.840. The maximum atomic E-state index is 13.7. The number of morpholine rings is 1. The average molecular weight is 544 g/mol. The smallest absolute Gasteiger partial charge is 0.254 e. The molecule has 2 aliphatic rings. The van der Waals surface area contributed by atoms with Crippen LogP contribution in [0.3, 0.4) is 0 Å². The van der Waals surface area contributed by atoms with Crippen molar-refractivity contribution in [2.24, 2.45) is 0 Å². The van der Waals surface area contributed by atoms with E-state index in [-0.39, 0.29) is 35.7 Å². The summed E-state index contributed by atoms with van der Waals surface area (Å²) in [7, 11) is 0. The van der Waals surface area contributed by atoms with E-state index in [1.165, 1.54) is 12.1 Å². The molecule has 0 spiro atoms. The minimum atomic E-state index is -0.652. The lowest BCUT2D eigenvalue weighted by Gasteiger charge is -2.38. The summed E-state index contributed by atoms with van der Waals surface area (Å²) in [6.45, 7) is 3.51. The van der Waals surface area contributed by atoms with Crippen LogP contribution in [-0.4, -0.2) is 72.0 Å². The van der Waals surface area contributed by atoms with Crippen molar-refractivity contribution in [1.82, 2.24) is 15.1 Å². The lowest BCUT2D eigenvalue weighted by molar-refractivity contribution is -0.145. The Morgan fingerprint density at radius 2 is 1.68 bits per heavy atom. The summed E-state index contributed by atoms with van der Waals surface area (Å²) in [6.07, 6.45) is 1.49. The van der Waals surface area contributed by atoms with Crippen LogP contribution in [0.2, 0.25) is 0 Å². The SMILES string of the molecule is CCC[C@H](NC(=O)c1ccccc1)C(=O)N1CCO[C@@H]2CN(C(=O)c3cccc(Cc4cccc(F)c4)c3)C[C@@H]21. The summed E-state index contributed by atoms with van der Waals surface area (Å²) >= 11 is 0. The first-order chi connectivity index (χ1) is 19.4. The summed E-state index contributed by atoms with van der Waals surface area (Å²) in [5.41, 5.74) is 2.80. The molecule has 2 aliphatic heterocycles. The van der Waals surface area contributed by atoms with E-state index in [2.05, 4.69) is 5.32 Å². The van der Waals surface area contributed by atoms with Crippen LogP contribution in [0.1, 0.15) is 51.6 Å². The van der Waals surface area contributed by atoms with Crippen molar-refractivity contribution in [2.45, 2.75) is 44.4 Å². The Labute approximate surface area is 233 Å². The lowest BCUT2D eigenvalue weighted by Crippen LogP contribution is -2.58. The molecule has 5 rings (SSSR count). The van der Waals surface area contributed by atoms with Gasteiger partial charge in [0, 0.05) is 30.8 Å². The van der Waals surface area contributed by atoms with E-state index >= 15 is 0 Å². The van der Waals surface area contributed by atoms with Gasteiger partial charge in [-0.15, -0.1) is 0 Å². The first kappa shape index (κ1) is 27.5. The van der Waals surface area contributed by atoms with Crippen molar-refractivity contribution in [3.8, 4) is 0 Å².